The maximum Gasteiger partial charge on any atom is 0.230 e. The van der Waals surface area contributed by atoms with Gasteiger partial charge in [-0.15, -0.1) is 0 Å². The Morgan fingerprint density at radius 1 is 1.25 bits per heavy atom. The smallest absolute Gasteiger partial charge is 0.230 e. The van der Waals surface area contributed by atoms with Crippen LogP contribution in [0.1, 0.15) is 37.7 Å². The summed E-state index contributed by atoms with van der Waals surface area (Å²) < 4.78 is 26.7. The van der Waals surface area contributed by atoms with E-state index in [1.54, 1.807) is 16.7 Å². The fourth-order valence-electron chi connectivity index (χ4n) is 4.02. The van der Waals surface area contributed by atoms with Crippen LogP contribution >= 0.6 is 0 Å². The molecule has 0 N–H and O–H groups in total. The molecule has 1 aromatic heterocycles. The molecule has 3 fully saturated rings. The number of hydrogen-bond donors (Lipinski definition) is 0. The Balaban J connectivity index is 1.50. The van der Waals surface area contributed by atoms with Gasteiger partial charge < -0.3 is 4.90 Å². The van der Waals surface area contributed by atoms with Crippen LogP contribution in [-0.4, -0.2) is 53.4 Å². The normalized spacial score (nSPS) is 28.7. The Morgan fingerprint density at radius 2 is 2.08 bits per heavy atom. The highest BCUT2D eigenvalue weighted by molar-refractivity contribution is 7.90. The van der Waals surface area contributed by atoms with Crippen molar-refractivity contribution in [3.63, 3.8) is 0 Å². The molecule has 2 aliphatic heterocycles. The van der Waals surface area contributed by atoms with E-state index in [9.17, 15) is 13.2 Å². The van der Waals surface area contributed by atoms with Gasteiger partial charge in [-0.05, 0) is 43.7 Å². The van der Waals surface area contributed by atoms with Crippen molar-refractivity contribution in [3.8, 4) is 0 Å². The molecule has 3 aliphatic rings. The predicted octanol–water partition coefficient (Wildman–Crippen LogP) is 1.39. The topological polar surface area (TPSA) is 70.6 Å². The molecule has 2 saturated heterocycles. The summed E-state index contributed by atoms with van der Waals surface area (Å²) in [5.74, 6) is 0.113. The summed E-state index contributed by atoms with van der Waals surface area (Å²) in [5, 5.41) is -0.198. The monoisotopic (exact) mass is 349 g/mol. The molecule has 0 bridgehead atoms. The molecular weight excluding hydrogens is 326 g/mol. The predicted molar refractivity (Wildman–Crippen MR) is 89.5 cm³/mol. The van der Waals surface area contributed by atoms with E-state index in [2.05, 4.69) is 4.98 Å². The van der Waals surface area contributed by atoms with Gasteiger partial charge >= 0.3 is 0 Å². The van der Waals surface area contributed by atoms with Crippen molar-refractivity contribution in [1.29, 1.82) is 0 Å². The lowest BCUT2D eigenvalue weighted by Crippen LogP contribution is -2.50. The third-order valence-corrected chi connectivity index (χ3v) is 7.89. The number of sulfonamides is 1. The zero-order valence-electron chi connectivity index (χ0n) is 13.7. The quantitative estimate of drug-likeness (QED) is 0.824. The van der Waals surface area contributed by atoms with Gasteiger partial charge in [0, 0.05) is 38.6 Å². The van der Waals surface area contributed by atoms with Crippen LogP contribution in [-0.2, 0) is 21.4 Å². The van der Waals surface area contributed by atoms with Gasteiger partial charge in [0.2, 0.25) is 15.9 Å². The minimum absolute atomic E-state index is 0.113. The molecular formula is C17H23N3O3S. The largest absolute Gasteiger partial charge is 0.338 e. The van der Waals surface area contributed by atoms with Crippen molar-refractivity contribution in [1.82, 2.24) is 14.2 Å². The fraction of sp³-hybridized carbons (Fsp3) is 0.647. The molecule has 1 spiro atoms. The first kappa shape index (κ1) is 16.0. The van der Waals surface area contributed by atoms with E-state index in [-0.39, 0.29) is 11.2 Å². The van der Waals surface area contributed by atoms with Crippen molar-refractivity contribution in [2.45, 2.75) is 43.9 Å². The molecule has 1 saturated carbocycles. The van der Waals surface area contributed by atoms with Crippen molar-refractivity contribution in [2.24, 2.45) is 5.41 Å². The van der Waals surface area contributed by atoms with Crippen LogP contribution in [0.25, 0.3) is 0 Å². The number of hydrogen-bond acceptors (Lipinski definition) is 4. The molecule has 0 radical (unpaired) electrons. The molecule has 7 heteroatoms. The number of carbonyl (C=O) groups excluding carboxylic acids is 1. The van der Waals surface area contributed by atoms with Crippen molar-refractivity contribution in [3.05, 3.63) is 30.1 Å². The Morgan fingerprint density at radius 3 is 2.79 bits per heavy atom. The van der Waals surface area contributed by atoms with Gasteiger partial charge in [-0.2, -0.15) is 0 Å². The average Bonchev–Trinajstić information content (AvgIpc) is 3.41. The maximum absolute atomic E-state index is 13.0. The maximum atomic E-state index is 13.0. The summed E-state index contributed by atoms with van der Waals surface area (Å²) >= 11 is 0. The van der Waals surface area contributed by atoms with E-state index in [1.807, 2.05) is 17.0 Å². The number of piperidine rings is 1. The van der Waals surface area contributed by atoms with Gasteiger partial charge in [0.15, 0.2) is 0 Å². The number of carbonyl (C=O) groups is 1. The number of pyridine rings is 1. The Hall–Kier alpha value is -1.47. The first-order valence-electron chi connectivity index (χ1n) is 8.69. The second kappa shape index (κ2) is 5.81. The van der Waals surface area contributed by atoms with E-state index in [0.717, 1.165) is 37.7 Å². The molecule has 0 aromatic carbocycles. The summed E-state index contributed by atoms with van der Waals surface area (Å²) in [4.78, 5) is 19.0. The molecule has 4 rings (SSSR count). The Labute approximate surface area is 142 Å². The van der Waals surface area contributed by atoms with Gasteiger partial charge in [0.05, 0.1) is 10.7 Å². The minimum Gasteiger partial charge on any atom is -0.338 e. The molecule has 24 heavy (non-hydrogen) atoms. The summed E-state index contributed by atoms with van der Waals surface area (Å²) in [6, 6.07) is 3.84. The molecule has 1 amide bonds. The van der Waals surface area contributed by atoms with Crippen molar-refractivity contribution < 1.29 is 13.2 Å². The number of likely N-dealkylation sites (tertiary alicyclic amines) is 1. The van der Waals surface area contributed by atoms with Crippen molar-refractivity contribution >= 4 is 15.9 Å². The zero-order chi connectivity index (χ0) is 16.8. The number of amides is 1. The highest BCUT2D eigenvalue weighted by atomic mass is 32.2. The van der Waals surface area contributed by atoms with Gasteiger partial charge in [-0.3, -0.25) is 9.78 Å². The van der Waals surface area contributed by atoms with Crippen LogP contribution in [0.2, 0.25) is 0 Å². The SMILES string of the molecule is O=C1N(Cc2cccnc2)CCC12CCCN(S(=O)(=O)C1CC1)C2. The van der Waals surface area contributed by atoms with Crippen LogP contribution in [0.5, 0.6) is 0 Å². The number of aromatic nitrogens is 1. The fourth-order valence-corrected chi connectivity index (χ4v) is 5.98. The lowest BCUT2D eigenvalue weighted by Gasteiger charge is -2.38. The Kier molecular flexibility index (Phi) is 3.88. The van der Waals surface area contributed by atoms with Gasteiger partial charge in [0.25, 0.3) is 0 Å². The minimum atomic E-state index is -3.20. The third kappa shape index (κ3) is 2.73. The second-order valence-electron chi connectivity index (χ2n) is 7.30. The molecule has 1 atom stereocenters. The van der Waals surface area contributed by atoms with Crippen LogP contribution < -0.4 is 0 Å². The van der Waals surface area contributed by atoms with Gasteiger partial charge in [-0.1, -0.05) is 6.07 Å². The van der Waals surface area contributed by atoms with Gasteiger partial charge in [0.1, 0.15) is 0 Å². The van der Waals surface area contributed by atoms with Crippen LogP contribution in [0, 0.1) is 5.41 Å². The van der Waals surface area contributed by atoms with E-state index < -0.39 is 15.4 Å². The van der Waals surface area contributed by atoms with E-state index in [1.165, 1.54) is 0 Å². The molecule has 6 nitrogen and oxygen atoms in total. The van der Waals surface area contributed by atoms with E-state index >= 15 is 0 Å². The Bertz CT molecular complexity index is 733. The van der Waals surface area contributed by atoms with Crippen molar-refractivity contribution in [2.75, 3.05) is 19.6 Å². The summed E-state index contributed by atoms with van der Waals surface area (Å²) in [6.07, 6.45) is 7.37. The lowest BCUT2D eigenvalue weighted by atomic mass is 9.79. The molecule has 1 aliphatic carbocycles. The molecule has 3 heterocycles. The van der Waals surface area contributed by atoms with E-state index in [4.69, 9.17) is 0 Å². The number of rotatable bonds is 4. The summed E-state index contributed by atoms with van der Waals surface area (Å²) in [5.41, 5.74) is 0.503. The van der Waals surface area contributed by atoms with E-state index in [0.29, 0.717) is 26.2 Å². The van der Waals surface area contributed by atoms with Crippen LogP contribution in [0.15, 0.2) is 24.5 Å². The third-order valence-electron chi connectivity index (χ3n) is 5.54. The number of nitrogens with zero attached hydrogens (tertiary/aromatic N) is 3. The molecule has 1 aromatic rings. The first-order valence-corrected chi connectivity index (χ1v) is 10.2. The standard InChI is InChI=1S/C17H23N3O3S/c21-16-17(7-10-19(16)12-14-3-1-8-18-11-14)6-2-9-20(13-17)24(22,23)15-4-5-15/h1,3,8,11,15H,2,4-7,9-10,12-13H2. The zero-order valence-corrected chi connectivity index (χ0v) is 14.5. The highest BCUT2D eigenvalue weighted by Gasteiger charge is 2.52. The molecule has 1 unspecified atom stereocenters. The summed E-state index contributed by atoms with van der Waals surface area (Å²) in [6.45, 7) is 2.19. The highest BCUT2D eigenvalue weighted by Crippen LogP contribution is 2.43. The molecule has 130 valence electrons. The van der Waals surface area contributed by atoms with Gasteiger partial charge in [-0.25, -0.2) is 12.7 Å². The van der Waals surface area contributed by atoms with Crippen LogP contribution in [0.3, 0.4) is 0 Å². The summed E-state index contributed by atoms with van der Waals surface area (Å²) in [7, 11) is -3.20. The average molecular weight is 349 g/mol. The second-order valence-corrected chi connectivity index (χ2v) is 9.51. The lowest BCUT2D eigenvalue weighted by molar-refractivity contribution is -0.138. The van der Waals surface area contributed by atoms with Crippen LogP contribution in [0.4, 0.5) is 0 Å². The first-order chi connectivity index (χ1) is 11.5.